The van der Waals surface area contributed by atoms with Gasteiger partial charge < -0.3 is 0 Å². The zero-order valence-electron chi connectivity index (χ0n) is 9.15. The minimum atomic E-state index is 0.577. The first-order chi connectivity index (χ1) is 5.42. The summed E-state index contributed by atoms with van der Waals surface area (Å²) in [6.07, 6.45) is 1.33. The molecule has 0 nitrogen and oxygen atoms in total. The van der Waals surface area contributed by atoms with Crippen LogP contribution in [-0.4, -0.2) is 0 Å². The van der Waals surface area contributed by atoms with E-state index >= 15 is 0 Å². The maximum Gasteiger partial charge on any atom is -0.0201 e. The molecule has 0 aromatic carbocycles. The summed E-state index contributed by atoms with van der Waals surface area (Å²) in [5.41, 5.74) is 1.93. The van der Waals surface area contributed by atoms with Crippen molar-refractivity contribution in [2.24, 2.45) is 23.2 Å². The average molecular weight is 166 g/mol. The van der Waals surface area contributed by atoms with Crippen LogP contribution in [0.25, 0.3) is 0 Å². The molecule has 1 rings (SSSR count). The van der Waals surface area contributed by atoms with E-state index in [9.17, 15) is 0 Å². The fourth-order valence-corrected chi connectivity index (χ4v) is 2.87. The Morgan fingerprint density at radius 2 is 2.00 bits per heavy atom. The van der Waals surface area contributed by atoms with E-state index in [1.165, 1.54) is 12.0 Å². The molecule has 0 heteroatoms. The summed E-state index contributed by atoms with van der Waals surface area (Å²) in [6, 6.07) is 0. The zero-order chi connectivity index (χ0) is 9.52. The van der Waals surface area contributed by atoms with Crippen LogP contribution in [0.15, 0.2) is 12.2 Å². The number of hydrogen-bond acceptors (Lipinski definition) is 0. The molecule has 1 aliphatic carbocycles. The molecule has 0 N–H and O–H groups in total. The van der Waals surface area contributed by atoms with E-state index in [1.54, 1.807) is 0 Å². The fourth-order valence-electron chi connectivity index (χ4n) is 2.87. The highest BCUT2D eigenvalue weighted by Crippen LogP contribution is 2.64. The number of hydrogen-bond donors (Lipinski definition) is 0. The second-order valence-electron chi connectivity index (χ2n) is 5.00. The Morgan fingerprint density at radius 1 is 1.50 bits per heavy atom. The molecule has 0 aromatic heterocycles. The van der Waals surface area contributed by atoms with Gasteiger partial charge >= 0.3 is 0 Å². The second kappa shape index (κ2) is 2.90. The Morgan fingerprint density at radius 3 is 2.25 bits per heavy atom. The van der Waals surface area contributed by atoms with Gasteiger partial charge in [0.05, 0.1) is 0 Å². The van der Waals surface area contributed by atoms with E-state index in [0.717, 1.165) is 11.8 Å². The summed E-state index contributed by atoms with van der Waals surface area (Å²) >= 11 is 0. The first-order valence-electron chi connectivity index (χ1n) is 5.08. The van der Waals surface area contributed by atoms with Gasteiger partial charge in [0.2, 0.25) is 0 Å². The Kier molecular flexibility index (Phi) is 2.38. The highest BCUT2D eigenvalue weighted by atomic mass is 14.6. The summed E-state index contributed by atoms with van der Waals surface area (Å²) in [4.78, 5) is 0. The van der Waals surface area contributed by atoms with Crippen molar-refractivity contribution in [3.05, 3.63) is 12.2 Å². The van der Waals surface area contributed by atoms with Gasteiger partial charge in [-0.3, -0.25) is 0 Å². The van der Waals surface area contributed by atoms with Crippen LogP contribution in [0.4, 0.5) is 0 Å². The largest absolute Gasteiger partial charge is 0.0999 e. The van der Waals surface area contributed by atoms with E-state index in [2.05, 4.69) is 41.2 Å². The third kappa shape index (κ3) is 1.32. The molecular formula is C12H22. The van der Waals surface area contributed by atoms with Crippen LogP contribution in [-0.2, 0) is 0 Å². The van der Waals surface area contributed by atoms with Gasteiger partial charge in [0.25, 0.3) is 0 Å². The molecule has 0 heterocycles. The predicted octanol–water partition coefficient (Wildman–Crippen LogP) is 3.88. The first-order valence-corrected chi connectivity index (χ1v) is 5.08. The number of allylic oxidation sites excluding steroid dienone is 1. The van der Waals surface area contributed by atoms with Gasteiger partial charge in [-0.15, -0.1) is 0 Å². The van der Waals surface area contributed by atoms with Gasteiger partial charge in [0.1, 0.15) is 0 Å². The number of rotatable bonds is 3. The highest BCUT2D eigenvalue weighted by Gasteiger charge is 2.58. The molecule has 0 amide bonds. The maximum atomic E-state index is 4.05. The second-order valence-corrected chi connectivity index (χ2v) is 5.00. The molecule has 1 saturated carbocycles. The highest BCUT2D eigenvalue weighted by molar-refractivity contribution is 5.13. The van der Waals surface area contributed by atoms with Crippen molar-refractivity contribution < 1.29 is 0 Å². The molecule has 0 aromatic rings. The molecule has 12 heavy (non-hydrogen) atoms. The van der Waals surface area contributed by atoms with Crippen LogP contribution in [0.2, 0.25) is 0 Å². The smallest absolute Gasteiger partial charge is 0.0201 e. The molecule has 1 fully saturated rings. The van der Waals surface area contributed by atoms with E-state index in [1.807, 2.05) is 0 Å². The lowest BCUT2D eigenvalue weighted by Crippen LogP contribution is -2.03. The van der Waals surface area contributed by atoms with E-state index in [0.29, 0.717) is 11.3 Å². The summed E-state index contributed by atoms with van der Waals surface area (Å²) in [7, 11) is 0. The maximum absolute atomic E-state index is 4.05. The Balaban J connectivity index is 2.63. The third-order valence-electron chi connectivity index (χ3n) is 3.89. The summed E-state index contributed by atoms with van der Waals surface area (Å²) in [6.45, 7) is 15.6. The Bertz CT molecular complexity index is 188. The topological polar surface area (TPSA) is 0 Å². The van der Waals surface area contributed by atoms with Crippen LogP contribution in [0.5, 0.6) is 0 Å². The normalized spacial score (nSPS) is 34.4. The standard InChI is InChI=1S/C12H22/c1-7-10-11(12(10,5)6)9(4)8(2)3/h9-11H,2,7H2,1,3-6H3. The minimum Gasteiger partial charge on any atom is -0.0999 e. The van der Waals surface area contributed by atoms with Crippen molar-refractivity contribution in [3.8, 4) is 0 Å². The molecule has 1 aliphatic rings. The zero-order valence-corrected chi connectivity index (χ0v) is 9.15. The van der Waals surface area contributed by atoms with Gasteiger partial charge in [-0.05, 0) is 30.1 Å². The molecular weight excluding hydrogens is 144 g/mol. The van der Waals surface area contributed by atoms with Crippen molar-refractivity contribution in [3.63, 3.8) is 0 Å². The fraction of sp³-hybridized carbons (Fsp3) is 0.833. The molecule has 0 spiro atoms. The lowest BCUT2D eigenvalue weighted by Gasteiger charge is -2.12. The summed E-state index contributed by atoms with van der Waals surface area (Å²) < 4.78 is 0. The molecule has 0 radical (unpaired) electrons. The van der Waals surface area contributed by atoms with Gasteiger partial charge in [0.15, 0.2) is 0 Å². The molecule has 0 aliphatic heterocycles. The quantitative estimate of drug-likeness (QED) is 0.558. The van der Waals surface area contributed by atoms with Crippen molar-refractivity contribution in [1.29, 1.82) is 0 Å². The van der Waals surface area contributed by atoms with Crippen LogP contribution >= 0.6 is 0 Å². The van der Waals surface area contributed by atoms with E-state index in [-0.39, 0.29) is 0 Å². The van der Waals surface area contributed by atoms with E-state index in [4.69, 9.17) is 0 Å². The molecule has 0 bridgehead atoms. The van der Waals surface area contributed by atoms with Crippen molar-refractivity contribution in [2.75, 3.05) is 0 Å². The monoisotopic (exact) mass is 166 g/mol. The van der Waals surface area contributed by atoms with Crippen LogP contribution in [0.3, 0.4) is 0 Å². The predicted molar refractivity (Wildman–Crippen MR) is 55.0 cm³/mol. The summed E-state index contributed by atoms with van der Waals surface area (Å²) in [5.74, 6) is 2.54. The molecule has 3 atom stereocenters. The molecule has 3 unspecified atom stereocenters. The lowest BCUT2D eigenvalue weighted by atomic mass is 9.93. The Hall–Kier alpha value is -0.260. The summed E-state index contributed by atoms with van der Waals surface area (Å²) in [5, 5.41) is 0. The van der Waals surface area contributed by atoms with Crippen LogP contribution in [0, 0.1) is 23.2 Å². The SMILES string of the molecule is C=C(C)C(C)C1C(CC)C1(C)C. The lowest BCUT2D eigenvalue weighted by molar-refractivity contribution is 0.469. The molecule has 70 valence electrons. The Labute approximate surface area is 77.1 Å². The van der Waals surface area contributed by atoms with Gasteiger partial charge in [-0.1, -0.05) is 46.3 Å². The minimum absolute atomic E-state index is 0.577. The van der Waals surface area contributed by atoms with Crippen molar-refractivity contribution >= 4 is 0 Å². The van der Waals surface area contributed by atoms with Crippen LogP contribution in [0.1, 0.15) is 41.0 Å². The third-order valence-corrected chi connectivity index (χ3v) is 3.89. The average Bonchev–Trinajstić information content (AvgIpc) is 2.50. The first kappa shape index (κ1) is 9.83. The van der Waals surface area contributed by atoms with Gasteiger partial charge in [-0.25, -0.2) is 0 Å². The van der Waals surface area contributed by atoms with Gasteiger partial charge in [0, 0.05) is 0 Å². The van der Waals surface area contributed by atoms with Crippen molar-refractivity contribution in [2.45, 2.75) is 41.0 Å². The molecule has 0 saturated heterocycles. The van der Waals surface area contributed by atoms with E-state index < -0.39 is 0 Å². The van der Waals surface area contributed by atoms with Crippen molar-refractivity contribution in [1.82, 2.24) is 0 Å². The van der Waals surface area contributed by atoms with Gasteiger partial charge in [-0.2, -0.15) is 0 Å². The van der Waals surface area contributed by atoms with Crippen LogP contribution < -0.4 is 0 Å².